The van der Waals surface area contributed by atoms with Crippen molar-refractivity contribution in [2.75, 3.05) is 5.32 Å². The summed E-state index contributed by atoms with van der Waals surface area (Å²) in [7, 11) is 1.69. The molecule has 30 heavy (non-hydrogen) atoms. The van der Waals surface area contributed by atoms with Crippen LogP contribution in [0.25, 0.3) is 0 Å². The van der Waals surface area contributed by atoms with E-state index in [4.69, 9.17) is 4.74 Å². The lowest BCUT2D eigenvalue weighted by atomic mass is 10.0. The van der Waals surface area contributed by atoms with Gasteiger partial charge in [0.25, 0.3) is 11.6 Å². The quantitative estimate of drug-likeness (QED) is 0.604. The number of carbonyl (C=O) groups is 2. The van der Waals surface area contributed by atoms with Crippen molar-refractivity contribution in [3.8, 4) is 0 Å². The normalized spacial score (nSPS) is 14.9. The minimum Gasteiger partial charge on any atom is -0.444 e. The Morgan fingerprint density at radius 3 is 2.57 bits per heavy atom. The summed E-state index contributed by atoms with van der Waals surface area (Å²) in [5.41, 5.74) is -0.0335. The Labute approximate surface area is 174 Å². The predicted octanol–water partition coefficient (Wildman–Crippen LogP) is 3.57. The zero-order chi connectivity index (χ0) is 22.4. The number of aromatic nitrogens is 2. The molecule has 1 aliphatic heterocycles. The Hall–Kier alpha value is -3.43. The molecule has 1 aromatic heterocycles. The minimum atomic E-state index is -0.732. The van der Waals surface area contributed by atoms with Gasteiger partial charge in [0.05, 0.1) is 22.7 Å². The van der Waals surface area contributed by atoms with Crippen LogP contribution >= 0.6 is 0 Å². The molecule has 2 aromatic rings. The van der Waals surface area contributed by atoms with Gasteiger partial charge in [0.2, 0.25) is 0 Å². The molecule has 0 atom stereocenters. The van der Waals surface area contributed by atoms with Gasteiger partial charge in [-0.3, -0.25) is 24.5 Å². The van der Waals surface area contributed by atoms with E-state index < -0.39 is 28.1 Å². The largest absolute Gasteiger partial charge is 0.444 e. The summed E-state index contributed by atoms with van der Waals surface area (Å²) < 4.78 is 7.05. The number of anilines is 1. The first-order valence-corrected chi connectivity index (χ1v) is 9.44. The number of rotatable bonds is 3. The smallest absolute Gasteiger partial charge is 0.411 e. The average Bonchev–Trinajstić information content (AvgIpc) is 3.07. The van der Waals surface area contributed by atoms with E-state index in [0.717, 1.165) is 0 Å². The lowest BCUT2D eigenvalue weighted by Gasteiger charge is -2.33. The van der Waals surface area contributed by atoms with Crippen molar-refractivity contribution in [2.45, 2.75) is 52.3 Å². The van der Waals surface area contributed by atoms with Gasteiger partial charge in [-0.25, -0.2) is 4.79 Å². The molecule has 0 saturated carbocycles. The highest BCUT2D eigenvalue weighted by Gasteiger charge is 2.46. The molecule has 2 amide bonds. The molecule has 1 aliphatic rings. The van der Waals surface area contributed by atoms with Crippen LogP contribution in [0.4, 0.5) is 16.3 Å². The Morgan fingerprint density at radius 1 is 1.30 bits per heavy atom. The fraction of sp³-hybridized carbons (Fsp3) is 0.450. The summed E-state index contributed by atoms with van der Waals surface area (Å²) in [5, 5.41) is 18.3. The number of carbonyl (C=O) groups excluding carboxylic acids is 2. The summed E-state index contributed by atoms with van der Waals surface area (Å²) in [6, 6.07) is 5.48. The highest BCUT2D eigenvalue weighted by molar-refractivity contribution is 6.04. The summed E-state index contributed by atoms with van der Waals surface area (Å²) in [5.74, 6) is -0.0707. The number of nitro groups is 1. The predicted molar refractivity (Wildman–Crippen MR) is 109 cm³/mol. The maximum Gasteiger partial charge on any atom is 0.411 e. The van der Waals surface area contributed by atoms with Crippen molar-refractivity contribution in [2.24, 2.45) is 7.05 Å². The van der Waals surface area contributed by atoms with Gasteiger partial charge in [0, 0.05) is 30.3 Å². The number of non-ortho nitro benzene ring substituents is 1. The van der Waals surface area contributed by atoms with Crippen LogP contribution < -0.4 is 5.32 Å². The highest BCUT2D eigenvalue weighted by atomic mass is 16.6. The van der Waals surface area contributed by atoms with Gasteiger partial charge in [0.15, 0.2) is 0 Å². The van der Waals surface area contributed by atoms with Crippen LogP contribution in [0.2, 0.25) is 0 Å². The van der Waals surface area contributed by atoms with Crippen LogP contribution in [0.3, 0.4) is 0 Å². The van der Waals surface area contributed by atoms with Crippen LogP contribution in [0.1, 0.15) is 56.2 Å². The molecular formula is C20H25N5O5. The van der Waals surface area contributed by atoms with Gasteiger partial charge in [-0.1, -0.05) is 6.07 Å². The van der Waals surface area contributed by atoms with E-state index in [-0.39, 0.29) is 17.8 Å². The molecule has 0 spiro atoms. The number of aryl methyl sites for hydroxylation is 1. The fourth-order valence-electron chi connectivity index (χ4n) is 3.40. The minimum absolute atomic E-state index is 0.153. The molecule has 1 N–H and O–H groups in total. The van der Waals surface area contributed by atoms with Crippen LogP contribution in [0.15, 0.2) is 24.3 Å². The van der Waals surface area contributed by atoms with Gasteiger partial charge in [-0.05, 0) is 40.7 Å². The number of ether oxygens (including phenoxy) is 1. The van der Waals surface area contributed by atoms with Crippen molar-refractivity contribution in [3.63, 3.8) is 0 Å². The van der Waals surface area contributed by atoms with Gasteiger partial charge in [-0.2, -0.15) is 5.10 Å². The molecule has 0 radical (unpaired) electrons. The third kappa shape index (κ3) is 3.85. The van der Waals surface area contributed by atoms with Gasteiger partial charge < -0.3 is 10.1 Å². The Morgan fingerprint density at radius 2 is 1.97 bits per heavy atom. The van der Waals surface area contributed by atoms with Crippen molar-refractivity contribution in [1.29, 1.82) is 0 Å². The van der Waals surface area contributed by atoms with Crippen molar-refractivity contribution >= 4 is 23.5 Å². The van der Waals surface area contributed by atoms with Crippen LogP contribution in [-0.2, 0) is 23.9 Å². The van der Waals surface area contributed by atoms with Crippen molar-refractivity contribution in [1.82, 2.24) is 14.7 Å². The molecule has 1 aromatic carbocycles. The highest BCUT2D eigenvalue weighted by Crippen LogP contribution is 2.42. The SMILES string of the molecule is Cn1nc2c(c1NC(=O)c1cccc([N+](=O)[O-])c1)CN(C(=O)OC(C)(C)C)C2(C)C. The number of nitrogens with zero attached hydrogens (tertiary/aromatic N) is 4. The molecule has 0 saturated heterocycles. The number of fused-ring (bicyclic) bond motifs is 1. The van der Waals surface area contributed by atoms with E-state index in [9.17, 15) is 19.7 Å². The van der Waals surface area contributed by atoms with Gasteiger partial charge in [-0.15, -0.1) is 0 Å². The lowest BCUT2D eigenvalue weighted by molar-refractivity contribution is -0.384. The maximum atomic E-state index is 12.7. The lowest BCUT2D eigenvalue weighted by Crippen LogP contribution is -2.43. The van der Waals surface area contributed by atoms with E-state index in [1.807, 2.05) is 13.8 Å². The first-order valence-electron chi connectivity index (χ1n) is 9.44. The summed E-state index contributed by atoms with van der Waals surface area (Å²) >= 11 is 0. The molecule has 10 heteroatoms. The molecule has 3 rings (SSSR count). The number of nitrogens with one attached hydrogen (secondary N) is 1. The summed E-state index contributed by atoms with van der Waals surface area (Å²) in [6.45, 7) is 9.33. The summed E-state index contributed by atoms with van der Waals surface area (Å²) in [4.78, 5) is 37.4. The molecule has 160 valence electrons. The average molecular weight is 415 g/mol. The van der Waals surface area contributed by atoms with Crippen LogP contribution in [-0.4, -0.2) is 37.2 Å². The fourth-order valence-corrected chi connectivity index (χ4v) is 3.40. The number of benzene rings is 1. The Balaban J connectivity index is 1.89. The Bertz CT molecular complexity index is 1030. The zero-order valence-electron chi connectivity index (χ0n) is 17.8. The van der Waals surface area contributed by atoms with Crippen molar-refractivity contribution in [3.05, 3.63) is 51.2 Å². The number of hydrogen-bond donors (Lipinski definition) is 1. The maximum absolute atomic E-state index is 12.7. The molecule has 0 unspecified atom stereocenters. The van der Waals surface area contributed by atoms with E-state index in [1.165, 1.54) is 28.9 Å². The van der Waals surface area contributed by atoms with Crippen LogP contribution in [0.5, 0.6) is 0 Å². The standard InChI is InChI=1S/C20H25N5O5/c1-19(2,3)30-18(27)24-11-14-15(20(24,4)5)22-23(6)16(14)21-17(26)12-8-7-9-13(10-12)25(28)29/h7-10H,11H2,1-6H3,(H,21,26). The third-order valence-corrected chi connectivity index (χ3v) is 4.88. The topological polar surface area (TPSA) is 120 Å². The molecule has 2 heterocycles. The molecular weight excluding hydrogens is 390 g/mol. The molecule has 10 nitrogen and oxygen atoms in total. The van der Waals surface area contributed by atoms with Crippen LogP contribution in [0, 0.1) is 10.1 Å². The molecule has 0 fully saturated rings. The van der Waals surface area contributed by atoms with E-state index in [0.29, 0.717) is 17.1 Å². The number of nitro benzene ring substituents is 1. The monoisotopic (exact) mass is 415 g/mol. The second kappa shape index (κ2) is 7.12. The first kappa shape index (κ1) is 21.3. The van der Waals surface area contributed by atoms with Gasteiger partial charge >= 0.3 is 6.09 Å². The number of hydrogen-bond acceptors (Lipinski definition) is 6. The number of amides is 2. The van der Waals surface area contributed by atoms with Crippen molar-refractivity contribution < 1.29 is 19.2 Å². The van der Waals surface area contributed by atoms with Gasteiger partial charge in [0.1, 0.15) is 11.4 Å². The zero-order valence-corrected chi connectivity index (χ0v) is 17.8. The van der Waals surface area contributed by atoms with E-state index >= 15 is 0 Å². The first-order chi connectivity index (χ1) is 13.8. The second-order valence-corrected chi connectivity index (χ2v) is 8.69. The third-order valence-electron chi connectivity index (χ3n) is 4.88. The van der Waals surface area contributed by atoms with E-state index in [2.05, 4.69) is 10.4 Å². The van der Waals surface area contributed by atoms with E-state index in [1.54, 1.807) is 32.7 Å². The Kier molecular flexibility index (Phi) is 5.05. The molecule has 0 aliphatic carbocycles. The second-order valence-electron chi connectivity index (χ2n) is 8.69. The summed E-state index contributed by atoms with van der Waals surface area (Å²) in [6.07, 6.45) is -0.468. The molecule has 0 bridgehead atoms.